The minimum atomic E-state index is 1.11. The molecule has 0 atom stereocenters. The van der Waals surface area contributed by atoms with E-state index >= 15 is 0 Å². The fraction of sp³-hybridized carbons (Fsp3) is 0. The smallest absolute Gasteiger partial charge is 0.0782 e. The van der Waals surface area contributed by atoms with Gasteiger partial charge in [-0.05, 0) is 98.0 Å². The molecule has 10 aromatic rings. The summed E-state index contributed by atoms with van der Waals surface area (Å²) in [4.78, 5) is 2.39. The molecule has 1 aromatic heterocycles. The molecule has 0 unspecified atom stereocenters. The van der Waals surface area contributed by atoms with Crippen LogP contribution in [-0.4, -0.2) is 4.57 Å². The van der Waals surface area contributed by atoms with Gasteiger partial charge in [0.1, 0.15) is 0 Å². The van der Waals surface area contributed by atoms with Crippen molar-refractivity contribution in [2.24, 2.45) is 0 Å². The van der Waals surface area contributed by atoms with Crippen LogP contribution in [0.2, 0.25) is 0 Å². The second kappa shape index (κ2) is 11.5. The minimum Gasteiger partial charge on any atom is -0.308 e. The van der Waals surface area contributed by atoms with Crippen LogP contribution in [0.1, 0.15) is 0 Å². The van der Waals surface area contributed by atoms with E-state index in [9.17, 15) is 0 Å². The van der Waals surface area contributed by atoms with E-state index in [1.165, 1.54) is 65.3 Å². The van der Waals surface area contributed by atoms with Crippen LogP contribution < -0.4 is 4.90 Å². The maximum Gasteiger partial charge on any atom is 0.0782 e. The Morgan fingerprint density at radius 2 is 0.960 bits per heavy atom. The predicted octanol–water partition coefficient (Wildman–Crippen LogP) is 13.4. The standard InChI is InChI=1S/C48H32N2/c1-3-13-38(14-4-1)49(46-21-11-19-44-43-18-9-10-20-45(43)50(48(44)46)39-15-5-2-6-16-39)40-29-26-33(27-30-40)36-28-31-42-37(32-36)25-24-35-23-22-34-12-7-8-17-41(34)47(35)42/h1-32H. The number of benzene rings is 9. The van der Waals surface area contributed by atoms with Gasteiger partial charge in [-0.15, -0.1) is 0 Å². The monoisotopic (exact) mass is 636 g/mol. The van der Waals surface area contributed by atoms with Gasteiger partial charge in [-0.3, -0.25) is 0 Å². The summed E-state index contributed by atoms with van der Waals surface area (Å²) in [6.45, 7) is 0. The summed E-state index contributed by atoms with van der Waals surface area (Å²) in [5, 5.41) is 10.2. The van der Waals surface area contributed by atoms with E-state index in [1.807, 2.05) is 0 Å². The second-order valence-corrected chi connectivity index (χ2v) is 13.0. The molecule has 0 fully saturated rings. The van der Waals surface area contributed by atoms with E-state index in [4.69, 9.17) is 0 Å². The van der Waals surface area contributed by atoms with Crippen molar-refractivity contribution in [1.82, 2.24) is 4.57 Å². The highest BCUT2D eigenvalue weighted by molar-refractivity contribution is 6.20. The molecule has 0 aliphatic carbocycles. The number of hydrogen-bond donors (Lipinski definition) is 0. The third-order valence-corrected chi connectivity index (χ3v) is 10.1. The summed E-state index contributed by atoms with van der Waals surface area (Å²) in [6.07, 6.45) is 0. The molecule has 0 saturated heterocycles. The number of fused-ring (bicyclic) bond motifs is 8. The van der Waals surface area contributed by atoms with Gasteiger partial charge in [-0.25, -0.2) is 0 Å². The Bertz CT molecular complexity index is 2850. The Morgan fingerprint density at radius 1 is 0.360 bits per heavy atom. The Kier molecular flexibility index (Phi) is 6.53. The van der Waals surface area contributed by atoms with Crippen molar-refractivity contribution in [3.63, 3.8) is 0 Å². The molecule has 0 aliphatic heterocycles. The number of hydrogen-bond acceptors (Lipinski definition) is 1. The van der Waals surface area contributed by atoms with E-state index in [1.54, 1.807) is 0 Å². The molecule has 50 heavy (non-hydrogen) atoms. The minimum absolute atomic E-state index is 1.11. The third kappa shape index (κ3) is 4.50. The molecule has 2 heteroatoms. The van der Waals surface area contributed by atoms with Crippen molar-refractivity contribution in [2.45, 2.75) is 0 Å². The first-order valence-corrected chi connectivity index (χ1v) is 17.2. The Labute approximate surface area is 290 Å². The molecule has 0 aliphatic rings. The van der Waals surface area contributed by atoms with E-state index in [0.717, 1.165) is 22.7 Å². The van der Waals surface area contributed by atoms with Gasteiger partial charge in [0.25, 0.3) is 0 Å². The largest absolute Gasteiger partial charge is 0.308 e. The highest BCUT2D eigenvalue weighted by atomic mass is 15.2. The fourth-order valence-corrected chi connectivity index (χ4v) is 7.85. The molecule has 0 N–H and O–H groups in total. The molecule has 0 radical (unpaired) electrons. The maximum absolute atomic E-state index is 2.41. The Hall–Kier alpha value is -6.64. The zero-order valence-corrected chi connectivity index (χ0v) is 27.4. The molecular weight excluding hydrogens is 605 g/mol. The number of rotatable bonds is 5. The molecule has 0 saturated carbocycles. The van der Waals surface area contributed by atoms with Crippen molar-refractivity contribution in [3.8, 4) is 16.8 Å². The van der Waals surface area contributed by atoms with Gasteiger partial charge in [0.2, 0.25) is 0 Å². The zero-order chi connectivity index (χ0) is 33.0. The Balaban J connectivity index is 1.13. The third-order valence-electron chi connectivity index (χ3n) is 10.1. The first-order valence-electron chi connectivity index (χ1n) is 17.2. The van der Waals surface area contributed by atoms with Crippen molar-refractivity contribution in [1.29, 1.82) is 0 Å². The van der Waals surface area contributed by atoms with Gasteiger partial charge >= 0.3 is 0 Å². The summed E-state index contributed by atoms with van der Waals surface area (Å²) >= 11 is 0. The first-order chi connectivity index (χ1) is 24.8. The van der Waals surface area contributed by atoms with Crippen LogP contribution in [0, 0.1) is 0 Å². The molecule has 234 valence electrons. The van der Waals surface area contributed by atoms with Crippen LogP contribution in [0.15, 0.2) is 194 Å². The van der Waals surface area contributed by atoms with Crippen LogP contribution in [0.25, 0.3) is 70.9 Å². The lowest BCUT2D eigenvalue weighted by Crippen LogP contribution is -2.11. The van der Waals surface area contributed by atoms with E-state index in [0.29, 0.717) is 0 Å². The van der Waals surface area contributed by atoms with Gasteiger partial charge in [-0.2, -0.15) is 0 Å². The summed E-state index contributed by atoms with van der Waals surface area (Å²) in [5.74, 6) is 0. The van der Waals surface area contributed by atoms with Crippen molar-refractivity contribution >= 4 is 71.2 Å². The highest BCUT2D eigenvalue weighted by Crippen LogP contribution is 2.44. The number of para-hydroxylation sites is 4. The lowest BCUT2D eigenvalue weighted by Gasteiger charge is -2.27. The number of aromatic nitrogens is 1. The predicted molar refractivity (Wildman–Crippen MR) is 213 cm³/mol. The summed E-state index contributed by atoms with van der Waals surface area (Å²) in [6, 6.07) is 70.4. The second-order valence-electron chi connectivity index (χ2n) is 13.0. The summed E-state index contributed by atoms with van der Waals surface area (Å²) in [7, 11) is 0. The topological polar surface area (TPSA) is 8.17 Å². The molecular formula is C48H32N2. The van der Waals surface area contributed by atoms with Gasteiger partial charge in [0.15, 0.2) is 0 Å². The van der Waals surface area contributed by atoms with Crippen molar-refractivity contribution < 1.29 is 0 Å². The van der Waals surface area contributed by atoms with E-state index < -0.39 is 0 Å². The fourth-order valence-electron chi connectivity index (χ4n) is 7.85. The molecule has 0 bridgehead atoms. The first kappa shape index (κ1) is 28.4. The van der Waals surface area contributed by atoms with Gasteiger partial charge in [0.05, 0.1) is 16.7 Å². The number of anilines is 3. The van der Waals surface area contributed by atoms with Crippen molar-refractivity contribution in [2.75, 3.05) is 4.90 Å². The normalized spacial score (nSPS) is 11.6. The van der Waals surface area contributed by atoms with Crippen LogP contribution >= 0.6 is 0 Å². The van der Waals surface area contributed by atoms with Gasteiger partial charge in [0, 0.05) is 27.8 Å². The molecule has 0 amide bonds. The SMILES string of the molecule is c1ccc(N(c2ccc(-c3ccc4c(ccc5ccc6ccccc6c54)c3)cc2)c2cccc3c4ccccc4n(-c4ccccc4)c23)cc1. The van der Waals surface area contributed by atoms with Crippen LogP contribution in [0.4, 0.5) is 17.1 Å². The highest BCUT2D eigenvalue weighted by Gasteiger charge is 2.21. The van der Waals surface area contributed by atoms with Crippen molar-refractivity contribution in [3.05, 3.63) is 194 Å². The van der Waals surface area contributed by atoms with Gasteiger partial charge < -0.3 is 9.47 Å². The zero-order valence-electron chi connectivity index (χ0n) is 27.4. The van der Waals surface area contributed by atoms with Crippen LogP contribution in [0.3, 0.4) is 0 Å². The van der Waals surface area contributed by atoms with Crippen LogP contribution in [0.5, 0.6) is 0 Å². The molecule has 1 heterocycles. The molecule has 9 aromatic carbocycles. The molecule has 2 nitrogen and oxygen atoms in total. The van der Waals surface area contributed by atoms with E-state index in [-0.39, 0.29) is 0 Å². The van der Waals surface area contributed by atoms with E-state index in [2.05, 4.69) is 204 Å². The summed E-state index contributed by atoms with van der Waals surface area (Å²) < 4.78 is 2.41. The maximum atomic E-state index is 2.41. The lowest BCUT2D eigenvalue weighted by atomic mass is 9.94. The average Bonchev–Trinajstić information content (AvgIpc) is 3.54. The summed E-state index contributed by atoms with van der Waals surface area (Å²) in [5.41, 5.74) is 9.28. The number of nitrogens with zero attached hydrogens (tertiary/aromatic N) is 2. The average molecular weight is 637 g/mol. The lowest BCUT2D eigenvalue weighted by molar-refractivity contribution is 1.17. The Morgan fingerprint density at radius 3 is 1.78 bits per heavy atom. The molecule has 10 rings (SSSR count). The van der Waals surface area contributed by atoms with Gasteiger partial charge in [-0.1, -0.05) is 140 Å². The van der Waals surface area contributed by atoms with Crippen LogP contribution in [-0.2, 0) is 0 Å². The quantitative estimate of drug-likeness (QED) is 0.171. The molecule has 0 spiro atoms.